The van der Waals surface area contributed by atoms with Crippen LogP contribution in [0.5, 0.6) is 0 Å². The van der Waals surface area contributed by atoms with Gasteiger partial charge in [-0.25, -0.2) is 0 Å². The highest BCUT2D eigenvalue weighted by atomic mass is 16.5. The molecule has 1 aromatic heterocycles. The van der Waals surface area contributed by atoms with E-state index in [-0.39, 0.29) is 0 Å². The van der Waals surface area contributed by atoms with E-state index in [1.54, 1.807) is 0 Å². The maximum atomic E-state index is 6.04. The van der Waals surface area contributed by atoms with Gasteiger partial charge in [-0.2, -0.15) is 0 Å². The minimum absolute atomic E-state index is 0.419. The number of hydrogen-bond donors (Lipinski definition) is 1. The van der Waals surface area contributed by atoms with Crippen molar-refractivity contribution in [3.05, 3.63) is 30.5 Å². The Bertz CT molecular complexity index is 585. The van der Waals surface area contributed by atoms with Crippen LogP contribution in [0.4, 0.5) is 11.4 Å². The molecule has 1 aromatic carbocycles. The predicted octanol–water partition coefficient (Wildman–Crippen LogP) is 2.43. The van der Waals surface area contributed by atoms with Crippen LogP contribution in [0.15, 0.2) is 30.5 Å². The molecule has 100 valence electrons. The quantitative estimate of drug-likeness (QED) is 0.839. The van der Waals surface area contributed by atoms with Crippen molar-refractivity contribution in [2.45, 2.75) is 19.4 Å². The lowest BCUT2D eigenvalue weighted by Gasteiger charge is -2.37. The van der Waals surface area contributed by atoms with E-state index in [9.17, 15) is 0 Å². The number of pyridine rings is 1. The SMILES string of the molecule is CCC1COCCN1c1ccc(N)c2cccnc12. The molecule has 19 heavy (non-hydrogen) atoms. The highest BCUT2D eigenvalue weighted by Gasteiger charge is 2.23. The van der Waals surface area contributed by atoms with Crippen LogP contribution >= 0.6 is 0 Å². The molecular formula is C15H19N3O. The molecule has 4 nitrogen and oxygen atoms in total. The number of nitrogens with two attached hydrogens (primary N) is 1. The minimum Gasteiger partial charge on any atom is -0.398 e. The monoisotopic (exact) mass is 257 g/mol. The molecule has 1 atom stereocenters. The molecule has 4 heteroatoms. The Hall–Kier alpha value is -1.81. The van der Waals surface area contributed by atoms with Gasteiger partial charge in [-0.15, -0.1) is 0 Å². The molecule has 0 spiro atoms. The Morgan fingerprint density at radius 1 is 1.42 bits per heavy atom. The van der Waals surface area contributed by atoms with Gasteiger partial charge in [0.05, 0.1) is 30.5 Å². The van der Waals surface area contributed by atoms with E-state index in [2.05, 4.69) is 22.9 Å². The third kappa shape index (κ3) is 2.12. The number of fused-ring (bicyclic) bond motifs is 1. The maximum absolute atomic E-state index is 6.04. The lowest BCUT2D eigenvalue weighted by atomic mass is 10.1. The molecular weight excluding hydrogens is 238 g/mol. The van der Waals surface area contributed by atoms with Crippen molar-refractivity contribution >= 4 is 22.3 Å². The fourth-order valence-corrected chi connectivity index (χ4v) is 2.72. The van der Waals surface area contributed by atoms with Gasteiger partial charge in [0.1, 0.15) is 0 Å². The van der Waals surface area contributed by atoms with Crippen LogP contribution in [-0.4, -0.2) is 30.8 Å². The minimum atomic E-state index is 0.419. The first-order valence-corrected chi connectivity index (χ1v) is 6.79. The molecule has 2 aromatic rings. The van der Waals surface area contributed by atoms with Crippen molar-refractivity contribution in [1.82, 2.24) is 4.98 Å². The van der Waals surface area contributed by atoms with Gasteiger partial charge in [-0.05, 0) is 30.7 Å². The molecule has 0 amide bonds. The zero-order valence-electron chi connectivity index (χ0n) is 11.2. The fraction of sp³-hybridized carbons (Fsp3) is 0.400. The maximum Gasteiger partial charge on any atom is 0.0956 e. The summed E-state index contributed by atoms with van der Waals surface area (Å²) < 4.78 is 5.57. The molecule has 2 heterocycles. The number of ether oxygens (including phenoxy) is 1. The molecule has 3 rings (SSSR count). The lowest BCUT2D eigenvalue weighted by molar-refractivity contribution is 0.0931. The number of aromatic nitrogens is 1. The number of hydrogen-bond acceptors (Lipinski definition) is 4. The van der Waals surface area contributed by atoms with Crippen molar-refractivity contribution in [2.24, 2.45) is 0 Å². The topological polar surface area (TPSA) is 51.4 Å². The van der Waals surface area contributed by atoms with Crippen molar-refractivity contribution in [3.63, 3.8) is 0 Å². The van der Waals surface area contributed by atoms with Crippen LogP contribution in [-0.2, 0) is 4.74 Å². The molecule has 1 fully saturated rings. The van der Waals surface area contributed by atoms with Crippen molar-refractivity contribution < 1.29 is 4.74 Å². The molecule has 2 N–H and O–H groups in total. The number of benzene rings is 1. The van der Waals surface area contributed by atoms with Gasteiger partial charge in [-0.3, -0.25) is 4.98 Å². The normalized spacial score (nSPS) is 19.8. The number of rotatable bonds is 2. The summed E-state index contributed by atoms with van der Waals surface area (Å²) in [4.78, 5) is 6.92. The van der Waals surface area contributed by atoms with E-state index in [4.69, 9.17) is 10.5 Å². The number of anilines is 2. The Morgan fingerprint density at radius 2 is 2.32 bits per heavy atom. The van der Waals surface area contributed by atoms with E-state index in [1.165, 1.54) is 5.69 Å². The smallest absolute Gasteiger partial charge is 0.0956 e. The zero-order valence-corrected chi connectivity index (χ0v) is 11.2. The number of nitrogen functional groups attached to an aromatic ring is 1. The van der Waals surface area contributed by atoms with Gasteiger partial charge in [0, 0.05) is 23.8 Å². The summed E-state index contributed by atoms with van der Waals surface area (Å²) in [6.07, 6.45) is 2.89. The molecule has 0 radical (unpaired) electrons. The first-order valence-electron chi connectivity index (χ1n) is 6.79. The van der Waals surface area contributed by atoms with Crippen LogP contribution in [0.3, 0.4) is 0 Å². The highest BCUT2D eigenvalue weighted by Crippen LogP contribution is 2.31. The van der Waals surface area contributed by atoms with Crippen LogP contribution < -0.4 is 10.6 Å². The Morgan fingerprint density at radius 3 is 3.16 bits per heavy atom. The summed E-state index contributed by atoms with van der Waals surface area (Å²) in [7, 11) is 0. The molecule has 0 bridgehead atoms. The average molecular weight is 257 g/mol. The molecule has 1 aliphatic rings. The highest BCUT2D eigenvalue weighted by molar-refractivity contribution is 5.98. The largest absolute Gasteiger partial charge is 0.398 e. The standard InChI is InChI=1S/C15H19N3O/c1-2-11-10-19-9-8-18(11)14-6-5-13(16)12-4-3-7-17-15(12)14/h3-7,11H,2,8-10,16H2,1H3. The van der Waals surface area contributed by atoms with Gasteiger partial charge in [0.15, 0.2) is 0 Å². The Labute approximate surface area is 113 Å². The first-order chi connectivity index (χ1) is 9.31. The first kappa shape index (κ1) is 12.2. The van der Waals surface area contributed by atoms with E-state index in [1.807, 2.05) is 24.4 Å². The second-order valence-electron chi connectivity index (χ2n) is 4.90. The lowest BCUT2D eigenvalue weighted by Crippen LogP contribution is -2.45. The van der Waals surface area contributed by atoms with E-state index in [0.29, 0.717) is 6.04 Å². The summed E-state index contributed by atoms with van der Waals surface area (Å²) >= 11 is 0. The summed E-state index contributed by atoms with van der Waals surface area (Å²) in [5.74, 6) is 0. The average Bonchev–Trinajstić information content (AvgIpc) is 2.48. The second kappa shape index (κ2) is 5.05. The number of nitrogens with zero attached hydrogens (tertiary/aromatic N) is 2. The molecule has 1 saturated heterocycles. The van der Waals surface area contributed by atoms with Crippen molar-refractivity contribution in [1.29, 1.82) is 0 Å². The van der Waals surface area contributed by atoms with E-state index in [0.717, 1.165) is 42.8 Å². The second-order valence-corrected chi connectivity index (χ2v) is 4.90. The summed E-state index contributed by atoms with van der Waals surface area (Å²) in [6.45, 7) is 4.66. The number of morpholine rings is 1. The van der Waals surface area contributed by atoms with Crippen LogP contribution in [0.2, 0.25) is 0 Å². The summed E-state index contributed by atoms with van der Waals surface area (Å²) in [5.41, 5.74) is 8.98. The Kier molecular flexibility index (Phi) is 3.25. The van der Waals surface area contributed by atoms with Gasteiger partial charge in [0.25, 0.3) is 0 Å². The molecule has 0 saturated carbocycles. The Balaban J connectivity index is 2.11. The van der Waals surface area contributed by atoms with E-state index < -0.39 is 0 Å². The van der Waals surface area contributed by atoms with Crippen LogP contribution in [0.25, 0.3) is 10.9 Å². The molecule has 0 aliphatic carbocycles. The van der Waals surface area contributed by atoms with E-state index >= 15 is 0 Å². The third-order valence-corrected chi connectivity index (χ3v) is 3.79. The molecule has 1 unspecified atom stereocenters. The predicted molar refractivity (Wildman–Crippen MR) is 78.4 cm³/mol. The summed E-state index contributed by atoms with van der Waals surface area (Å²) in [5, 5.41) is 1.03. The van der Waals surface area contributed by atoms with Gasteiger partial charge < -0.3 is 15.4 Å². The van der Waals surface area contributed by atoms with Crippen molar-refractivity contribution in [3.8, 4) is 0 Å². The zero-order chi connectivity index (χ0) is 13.2. The fourth-order valence-electron chi connectivity index (χ4n) is 2.72. The molecule has 1 aliphatic heterocycles. The van der Waals surface area contributed by atoms with Crippen LogP contribution in [0.1, 0.15) is 13.3 Å². The van der Waals surface area contributed by atoms with Crippen molar-refractivity contribution in [2.75, 3.05) is 30.4 Å². The van der Waals surface area contributed by atoms with Gasteiger partial charge in [-0.1, -0.05) is 6.92 Å². The summed E-state index contributed by atoms with van der Waals surface area (Å²) in [6, 6.07) is 8.43. The van der Waals surface area contributed by atoms with Gasteiger partial charge >= 0.3 is 0 Å². The van der Waals surface area contributed by atoms with Gasteiger partial charge in [0.2, 0.25) is 0 Å². The van der Waals surface area contributed by atoms with Crippen LogP contribution in [0, 0.1) is 0 Å². The third-order valence-electron chi connectivity index (χ3n) is 3.79.